The number of halogens is 1. The molecular formula is C22H25ClOS2. The first-order chi connectivity index (χ1) is 12.7. The summed E-state index contributed by atoms with van der Waals surface area (Å²) in [6.45, 7) is 2.31. The van der Waals surface area contributed by atoms with Crippen LogP contribution < -0.4 is 0 Å². The Balaban J connectivity index is 1.68. The molecule has 1 saturated carbocycles. The molecule has 0 unspecified atom stereocenters. The first-order valence-corrected chi connectivity index (χ1v) is 11.8. The number of thioether (sulfide) groups is 2. The Morgan fingerprint density at radius 1 is 1.08 bits per heavy atom. The minimum absolute atomic E-state index is 0.225. The Hall–Kier alpha value is -0.610. The molecule has 1 aliphatic heterocycles. The van der Waals surface area contributed by atoms with Gasteiger partial charge in [-0.15, -0.1) is 23.5 Å². The van der Waals surface area contributed by atoms with Gasteiger partial charge in [0.25, 0.3) is 0 Å². The van der Waals surface area contributed by atoms with Crippen LogP contribution >= 0.6 is 35.1 Å². The van der Waals surface area contributed by atoms with Crippen molar-refractivity contribution in [2.75, 3.05) is 11.5 Å². The van der Waals surface area contributed by atoms with Crippen LogP contribution in [0.25, 0.3) is 0 Å². The number of aliphatic hydroxyl groups excluding tert-OH is 1. The van der Waals surface area contributed by atoms with Crippen LogP contribution in [0.5, 0.6) is 0 Å². The van der Waals surface area contributed by atoms with E-state index in [2.05, 4.69) is 54.7 Å². The summed E-state index contributed by atoms with van der Waals surface area (Å²) in [7, 11) is 0. The fourth-order valence-electron chi connectivity index (χ4n) is 4.50. The van der Waals surface area contributed by atoms with Crippen LogP contribution in [-0.2, 0) is 0 Å². The lowest BCUT2D eigenvalue weighted by Gasteiger charge is -2.36. The second-order valence-electron chi connectivity index (χ2n) is 7.25. The zero-order valence-corrected chi connectivity index (χ0v) is 17.4. The van der Waals surface area contributed by atoms with Crippen LogP contribution in [0.4, 0.5) is 0 Å². The predicted octanol–water partition coefficient (Wildman–Crippen LogP) is 6.38. The summed E-state index contributed by atoms with van der Waals surface area (Å²) >= 11 is 10.4. The molecule has 0 spiro atoms. The van der Waals surface area contributed by atoms with Crippen LogP contribution in [0, 0.1) is 11.8 Å². The molecule has 138 valence electrons. The van der Waals surface area contributed by atoms with Crippen molar-refractivity contribution in [3.63, 3.8) is 0 Å². The van der Waals surface area contributed by atoms with Crippen molar-refractivity contribution in [3.8, 4) is 0 Å². The summed E-state index contributed by atoms with van der Waals surface area (Å²) in [4.78, 5) is 0. The molecule has 4 atom stereocenters. The SMILES string of the molecule is CCC1([C@@H]2[C@@H](c3ccc(Cl)cc3)[C@@H]2[C@H](O)c2ccccc2)SCCCS1. The van der Waals surface area contributed by atoms with E-state index in [4.69, 9.17) is 11.6 Å². The Labute approximate surface area is 169 Å². The van der Waals surface area contributed by atoms with Gasteiger partial charge in [-0.25, -0.2) is 0 Å². The third-order valence-corrected chi connectivity index (χ3v) is 9.86. The maximum absolute atomic E-state index is 11.2. The average molecular weight is 405 g/mol. The van der Waals surface area contributed by atoms with Crippen molar-refractivity contribution in [3.05, 3.63) is 70.7 Å². The number of rotatable bonds is 5. The molecule has 0 aromatic heterocycles. The topological polar surface area (TPSA) is 20.2 Å². The number of aliphatic hydroxyl groups is 1. The summed E-state index contributed by atoms with van der Waals surface area (Å²) in [5, 5.41) is 12.0. The molecule has 1 aliphatic carbocycles. The second-order valence-corrected chi connectivity index (χ2v) is 10.8. The van der Waals surface area contributed by atoms with E-state index in [1.165, 1.54) is 23.5 Å². The van der Waals surface area contributed by atoms with Crippen molar-refractivity contribution in [2.24, 2.45) is 11.8 Å². The normalized spacial score (nSPS) is 28.5. The van der Waals surface area contributed by atoms with Gasteiger partial charge in [0.2, 0.25) is 0 Å². The highest BCUT2D eigenvalue weighted by Gasteiger charge is 2.64. The summed E-state index contributed by atoms with van der Waals surface area (Å²) in [6.07, 6.45) is 2.03. The highest BCUT2D eigenvalue weighted by molar-refractivity contribution is 8.18. The maximum atomic E-state index is 11.2. The van der Waals surface area contributed by atoms with Gasteiger partial charge < -0.3 is 5.11 Å². The van der Waals surface area contributed by atoms with Gasteiger partial charge in [-0.2, -0.15) is 0 Å². The quantitative estimate of drug-likeness (QED) is 0.624. The molecule has 0 amide bonds. The molecule has 26 heavy (non-hydrogen) atoms. The van der Waals surface area contributed by atoms with E-state index in [1.54, 1.807) is 0 Å². The summed E-state index contributed by atoms with van der Waals surface area (Å²) in [5.41, 5.74) is 2.36. The van der Waals surface area contributed by atoms with Gasteiger partial charge in [0.1, 0.15) is 0 Å². The lowest BCUT2D eigenvalue weighted by molar-refractivity contribution is 0.144. The fraction of sp³-hybridized carbons (Fsp3) is 0.455. The first-order valence-electron chi connectivity index (χ1n) is 9.42. The van der Waals surface area contributed by atoms with E-state index in [1.807, 2.05) is 30.3 Å². The zero-order chi connectivity index (χ0) is 18.1. The third kappa shape index (κ3) is 3.44. The molecule has 2 aromatic carbocycles. The van der Waals surface area contributed by atoms with E-state index in [0.717, 1.165) is 17.0 Å². The van der Waals surface area contributed by atoms with Crippen LogP contribution in [0.2, 0.25) is 5.02 Å². The average Bonchev–Trinajstić information content (AvgIpc) is 3.45. The molecule has 1 heterocycles. The monoisotopic (exact) mass is 404 g/mol. The van der Waals surface area contributed by atoms with E-state index >= 15 is 0 Å². The minimum atomic E-state index is -0.409. The lowest BCUT2D eigenvalue weighted by Crippen LogP contribution is -2.28. The Bertz CT molecular complexity index is 728. The molecule has 1 nitrogen and oxygen atoms in total. The molecule has 2 aliphatic rings. The Morgan fingerprint density at radius 3 is 2.35 bits per heavy atom. The number of hydrogen-bond donors (Lipinski definition) is 1. The van der Waals surface area contributed by atoms with Crippen molar-refractivity contribution in [1.82, 2.24) is 0 Å². The molecule has 4 rings (SSSR count). The third-order valence-electron chi connectivity index (χ3n) is 5.82. The number of hydrogen-bond acceptors (Lipinski definition) is 3. The lowest BCUT2D eigenvalue weighted by atomic mass is 10.0. The van der Waals surface area contributed by atoms with Crippen molar-refractivity contribution in [1.29, 1.82) is 0 Å². The van der Waals surface area contributed by atoms with Crippen molar-refractivity contribution in [2.45, 2.75) is 35.9 Å². The highest BCUT2D eigenvalue weighted by Crippen LogP contribution is 2.71. The molecule has 2 fully saturated rings. The zero-order valence-electron chi connectivity index (χ0n) is 15.0. The minimum Gasteiger partial charge on any atom is -0.388 e. The smallest absolute Gasteiger partial charge is 0.0827 e. The van der Waals surface area contributed by atoms with Crippen LogP contribution in [0.3, 0.4) is 0 Å². The van der Waals surface area contributed by atoms with Crippen LogP contribution in [0.15, 0.2) is 54.6 Å². The van der Waals surface area contributed by atoms with Gasteiger partial charge in [0, 0.05) is 10.9 Å². The van der Waals surface area contributed by atoms with E-state index in [0.29, 0.717) is 11.8 Å². The second kappa shape index (κ2) is 7.79. The molecule has 2 aromatic rings. The Kier molecular flexibility index (Phi) is 5.61. The van der Waals surface area contributed by atoms with Gasteiger partial charge in [0.15, 0.2) is 0 Å². The number of benzene rings is 2. The van der Waals surface area contributed by atoms with Gasteiger partial charge in [-0.05, 0) is 59.4 Å². The highest BCUT2D eigenvalue weighted by atomic mass is 35.5. The largest absolute Gasteiger partial charge is 0.388 e. The van der Waals surface area contributed by atoms with Gasteiger partial charge in [-0.3, -0.25) is 0 Å². The predicted molar refractivity (Wildman–Crippen MR) is 115 cm³/mol. The van der Waals surface area contributed by atoms with E-state index in [9.17, 15) is 5.11 Å². The first kappa shape index (κ1) is 18.7. The molecule has 1 saturated heterocycles. The van der Waals surface area contributed by atoms with Gasteiger partial charge in [0.05, 0.1) is 10.2 Å². The van der Waals surface area contributed by atoms with Crippen LogP contribution in [0.1, 0.15) is 42.9 Å². The van der Waals surface area contributed by atoms with Crippen molar-refractivity contribution < 1.29 is 5.11 Å². The molecule has 4 heteroatoms. The van der Waals surface area contributed by atoms with E-state index < -0.39 is 6.10 Å². The molecule has 1 N–H and O–H groups in total. The van der Waals surface area contributed by atoms with E-state index in [-0.39, 0.29) is 10.00 Å². The molecule has 0 bridgehead atoms. The Morgan fingerprint density at radius 2 is 1.73 bits per heavy atom. The fourth-order valence-corrected chi connectivity index (χ4v) is 8.31. The van der Waals surface area contributed by atoms with Crippen LogP contribution in [-0.4, -0.2) is 20.7 Å². The summed E-state index contributed by atoms with van der Waals surface area (Å²) in [6, 6.07) is 18.4. The standard InChI is InChI=1S/C22H25ClOS2/c1-2-22(25-13-6-14-26-22)20-18(15-9-11-17(23)12-10-15)19(20)21(24)16-7-4-3-5-8-16/h3-5,7-12,18-21,24H,2,6,13-14H2,1H3/t18-,19-,20+,21+/m0/s1. The summed E-state index contributed by atoms with van der Waals surface area (Å²) in [5.74, 6) is 3.65. The molecular weight excluding hydrogens is 380 g/mol. The van der Waals surface area contributed by atoms with Crippen molar-refractivity contribution >= 4 is 35.1 Å². The molecule has 0 radical (unpaired) electrons. The van der Waals surface area contributed by atoms with Gasteiger partial charge in [-0.1, -0.05) is 61.0 Å². The summed E-state index contributed by atoms with van der Waals surface area (Å²) < 4.78 is 0.225. The maximum Gasteiger partial charge on any atom is 0.0827 e. The van der Waals surface area contributed by atoms with Gasteiger partial charge >= 0.3 is 0 Å².